The Hall–Kier alpha value is -0.160. The molecule has 2 aliphatic heterocycles. The summed E-state index contributed by atoms with van der Waals surface area (Å²) in [6.07, 6.45) is 2.06. The van der Waals surface area contributed by atoms with E-state index in [-0.39, 0.29) is 5.54 Å². The Morgan fingerprint density at radius 3 is 2.57 bits per heavy atom. The van der Waals surface area contributed by atoms with Crippen LogP contribution in [-0.4, -0.2) is 56.5 Å². The van der Waals surface area contributed by atoms with Crippen molar-refractivity contribution in [3.63, 3.8) is 0 Å². The molecule has 2 rings (SSSR count). The molecule has 0 aliphatic carbocycles. The first kappa shape index (κ1) is 10.4. The number of morpholine rings is 1. The predicted molar refractivity (Wildman–Crippen MR) is 54.2 cm³/mol. The van der Waals surface area contributed by atoms with Gasteiger partial charge in [0.1, 0.15) is 0 Å². The fourth-order valence-corrected chi connectivity index (χ4v) is 2.03. The van der Waals surface area contributed by atoms with Gasteiger partial charge in [-0.15, -0.1) is 0 Å². The molecular formula is C10H20N2O2. The zero-order chi connectivity index (χ0) is 9.86. The molecule has 4 heteroatoms. The molecule has 0 aromatic carbocycles. The Morgan fingerprint density at radius 2 is 1.93 bits per heavy atom. The number of hydrogen-bond donors (Lipinski definition) is 1. The molecule has 1 unspecified atom stereocenters. The van der Waals surface area contributed by atoms with Crippen molar-refractivity contribution >= 4 is 0 Å². The lowest BCUT2D eigenvalue weighted by atomic mass is 9.95. The first-order chi connectivity index (χ1) is 6.79. The fourth-order valence-electron chi connectivity index (χ4n) is 2.03. The van der Waals surface area contributed by atoms with E-state index in [0.29, 0.717) is 0 Å². The van der Waals surface area contributed by atoms with Gasteiger partial charge in [-0.25, -0.2) is 0 Å². The van der Waals surface area contributed by atoms with Crippen LogP contribution in [0.4, 0.5) is 0 Å². The highest BCUT2D eigenvalue weighted by Crippen LogP contribution is 2.19. The molecule has 2 fully saturated rings. The van der Waals surface area contributed by atoms with Gasteiger partial charge in [0.15, 0.2) is 0 Å². The van der Waals surface area contributed by atoms with Gasteiger partial charge in [-0.2, -0.15) is 0 Å². The summed E-state index contributed by atoms with van der Waals surface area (Å²) in [5, 5.41) is 0. The monoisotopic (exact) mass is 200 g/mol. The van der Waals surface area contributed by atoms with E-state index < -0.39 is 0 Å². The van der Waals surface area contributed by atoms with E-state index in [9.17, 15) is 0 Å². The van der Waals surface area contributed by atoms with Crippen LogP contribution in [-0.2, 0) is 9.47 Å². The molecule has 0 bridgehead atoms. The van der Waals surface area contributed by atoms with Crippen LogP contribution >= 0.6 is 0 Å². The molecule has 14 heavy (non-hydrogen) atoms. The van der Waals surface area contributed by atoms with Gasteiger partial charge in [0.05, 0.1) is 19.8 Å². The van der Waals surface area contributed by atoms with Crippen molar-refractivity contribution < 1.29 is 9.47 Å². The SMILES string of the molecule is NC1(CCN2CCOCC2)CCOC1. The molecule has 0 aromatic rings. The van der Waals surface area contributed by atoms with Crippen LogP contribution in [0, 0.1) is 0 Å². The Bertz CT molecular complexity index is 175. The van der Waals surface area contributed by atoms with Gasteiger partial charge < -0.3 is 15.2 Å². The maximum absolute atomic E-state index is 6.19. The molecular weight excluding hydrogens is 180 g/mol. The second-order valence-electron chi connectivity index (χ2n) is 4.37. The average molecular weight is 200 g/mol. The standard InChI is InChI=1S/C10H20N2O2/c11-10(2-6-14-9-10)1-3-12-4-7-13-8-5-12/h1-9,11H2. The summed E-state index contributed by atoms with van der Waals surface area (Å²) in [6.45, 7) is 6.50. The van der Waals surface area contributed by atoms with Gasteiger partial charge in [0, 0.05) is 31.8 Å². The summed E-state index contributed by atoms with van der Waals surface area (Å²) in [5.74, 6) is 0. The number of rotatable bonds is 3. The van der Waals surface area contributed by atoms with Gasteiger partial charge >= 0.3 is 0 Å². The largest absolute Gasteiger partial charge is 0.379 e. The zero-order valence-electron chi connectivity index (χ0n) is 8.71. The van der Waals surface area contributed by atoms with Gasteiger partial charge in [-0.05, 0) is 12.8 Å². The number of nitrogens with two attached hydrogens (primary N) is 1. The third-order valence-corrected chi connectivity index (χ3v) is 3.16. The molecule has 0 aromatic heterocycles. The Morgan fingerprint density at radius 1 is 1.14 bits per heavy atom. The highest BCUT2D eigenvalue weighted by atomic mass is 16.5. The van der Waals surface area contributed by atoms with E-state index in [1.807, 2.05) is 0 Å². The molecule has 0 radical (unpaired) electrons. The van der Waals surface area contributed by atoms with Crippen molar-refractivity contribution in [3.05, 3.63) is 0 Å². The second-order valence-corrected chi connectivity index (χ2v) is 4.37. The quantitative estimate of drug-likeness (QED) is 0.687. The molecule has 2 N–H and O–H groups in total. The topological polar surface area (TPSA) is 47.7 Å². The number of ether oxygens (including phenoxy) is 2. The summed E-state index contributed by atoms with van der Waals surface area (Å²) < 4.78 is 10.6. The molecule has 0 amide bonds. The van der Waals surface area contributed by atoms with Crippen molar-refractivity contribution in [2.75, 3.05) is 46.1 Å². The molecule has 2 aliphatic rings. The molecule has 0 saturated carbocycles. The predicted octanol–water partition coefficient (Wildman–Crippen LogP) is -0.173. The van der Waals surface area contributed by atoms with E-state index >= 15 is 0 Å². The van der Waals surface area contributed by atoms with Crippen LogP contribution in [0.15, 0.2) is 0 Å². The van der Waals surface area contributed by atoms with Gasteiger partial charge in [-0.3, -0.25) is 4.90 Å². The van der Waals surface area contributed by atoms with Crippen LogP contribution in [0.2, 0.25) is 0 Å². The van der Waals surface area contributed by atoms with Crippen LogP contribution in [0.1, 0.15) is 12.8 Å². The van der Waals surface area contributed by atoms with E-state index in [1.165, 1.54) is 0 Å². The van der Waals surface area contributed by atoms with Crippen molar-refractivity contribution in [2.45, 2.75) is 18.4 Å². The van der Waals surface area contributed by atoms with E-state index in [2.05, 4.69) is 4.90 Å². The fraction of sp³-hybridized carbons (Fsp3) is 1.00. The molecule has 2 saturated heterocycles. The van der Waals surface area contributed by atoms with Crippen LogP contribution in [0.3, 0.4) is 0 Å². The minimum atomic E-state index is -0.0572. The Balaban J connectivity index is 1.70. The van der Waals surface area contributed by atoms with E-state index in [4.69, 9.17) is 15.2 Å². The zero-order valence-corrected chi connectivity index (χ0v) is 8.71. The van der Waals surface area contributed by atoms with Crippen molar-refractivity contribution in [2.24, 2.45) is 5.73 Å². The van der Waals surface area contributed by atoms with Gasteiger partial charge in [-0.1, -0.05) is 0 Å². The van der Waals surface area contributed by atoms with Crippen LogP contribution in [0.25, 0.3) is 0 Å². The third-order valence-electron chi connectivity index (χ3n) is 3.16. The van der Waals surface area contributed by atoms with E-state index in [1.54, 1.807) is 0 Å². The lowest BCUT2D eigenvalue weighted by Crippen LogP contribution is -2.45. The molecule has 1 atom stereocenters. The van der Waals surface area contributed by atoms with Gasteiger partial charge in [0.2, 0.25) is 0 Å². The first-order valence-corrected chi connectivity index (χ1v) is 5.45. The van der Waals surface area contributed by atoms with Crippen molar-refractivity contribution in [3.8, 4) is 0 Å². The lowest BCUT2D eigenvalue weighted by Gasteiger charge is -2.30. The first-order valence-electron chi connectivity index (χ1n) is 5.45. The summed E-state index contributed by atoms with van der Waals surface area (Å²) in [5.41, 5.74) is 6.14. The van der Waals surface area contributed by atoms with Crippen molar-refractivity contribution in [1.29, 1.82) is 0 Å². The maximum atomic E-state index is 6.19. The smallest absolute Gasteiger partial charge is 0.0647 e. The molecule has 2 heterocycles. The second kappa shape index (κ2) is 4.57. The van der Waals surface area contributed by atoms with Crippen LogP contribution < -0.4 is 5.73 Å². The average Bonchev–Trinajstić information content (AvgIpc) is 2.65. The summed E-state index contributed by atoms with van der Waals surface area (Å²) in [4.78, 5) is 2.43. The molecule has 4 nitrogen and oxygen atoms in total. The summed E-state index contributed by atoms with van der Waals surface area (Å²) >= 11 is 0. The molecule has 0 spiro atoms. The van der Waals surface area contributed by atoms with E-state index in [0.717, 1.165) is 58.9 Å². The van der Waals surface area contributed by atoms with Gasteiger partial charge in [0.25, 0.3) is 0 Å². The highest BCUT2D eigenvalue weighted by Gasteiger charge is 2.30. The third kappa shape index (κ3) is 2.67. The number of nitrogens with zero attached hydrogens (tertiary/aromatic N) is 1. The Labute approximate surface area is 85.3 Å². The maximum Gasteiger partial charge on any atom is 0.0647 e. The number of hydrogen-bond acceptors (Lipinski definition) is 4. The Kier molecular flexibility index (Phi) is 3.38. The minimum absolute atomic E-state index is 0.0572. The highest BCUT2D eigenvalue weighted by molar-refractivity contribution is 4.88. The minimum Gasteiger partial charge on any atom is -0.379 e. The summed E-state index contributed by atoms with van der Waals surface area (Å²) in [6, 6.07) is 0. The van der Waals surface area contributed by atoms with Crippen LogP contribution in [0.5, 0.6) is 0 Å². The van der Waals surface area contributed by atoms with Crippen molar-refractivity contribution in [1.82, 2.24) is 4.90 Å². The lowest BCUT2D eigenvalue weighted by molar-refractivity contribution is 0.0340. The normalized spacial score (nSPS) is 34.9. The summed E-state index contributed by atoms with van der Waals surface area (Å²) in [7, 11) is 0. The molecule has 82 valence electrons.